The summed E-state index contributed by atoms with van der Waals surface area (Å²) in [6, 6.07) is 7.71. The molecule has 0 fully saturated rings. The summed E-state index contributed by atoms with van der Waals surface area (Å²) in [5.41, 5.74) is 0.968. The molecule has 2 rings (SSSR count). The molecule has 0 aromatic heterocycles. The first-order valence-electron chi connectivity index (χ1n) is 6.85. The van der Waals surface area contributed by atoms with Crippen LogP contribution in [0, 0.1) is 0 Å². The van der Waals surface area contributed by atoms with Crippen molar-refractivity contribution in [2.45, 2.75) is 24.1 Å². The Bertz CT molecular complexity index is 452. The maximum absolute atomic E-state index is 12.3. The van der Waals surface area contributed by atoms with E-state index in [1.165, 1.54) is 0 Å². The molecule has 110 valence electrons. The highest BCUT2D eigenvalue weighted by Crippen LogP contribution is 2.33. The summed E-state index contributed by atoms with van der Waals surface area (Å²) in [5.74, 6) is 0.728. The van der Waals surface area contributed by atoms with Crippen LogP contribution in [-0.2, 0) is 9.53 Å². The largest absolute Gasteiger partial charge is 0.493 e. The van der Waals surface area contributed by atoms with Crippen LogP contribution >= 0.6 is 11.6 Å². The summed E-state index contributed by atoms with van der Waals surface area (Å²) >= 11 is 6.03. The van der Waals surface area contributed by atoms with Crippen molar-refractivity contribution in [3.8, 4) is 5.75 Å². The van der Waals surface area contributed by atoms with Crippen molar-refractivity contribution in [1.29, 1.82) is 0 Å². The number of nitrogens with one attached hydrogen (secondary N) is 1. The minimum Gasteiger partial charge on any atom is -0.493 e. The molecule has 1 N–H and O–H groups in total. The molecule has 1 aromatic carbocycles. The molecule has 20 heavy (non-hydrogen) atoms. The fraction of sp³-hybridized carbons (Fsp3) is 0.533. The number of methoxy groups -OCH3 is 1. The summed E-state index contributed by atoms with van der Waals surface area (Å²) in [7, 11) is 1.62. The number of alkyl halides is 1. The molecule has 1 heterocycles. The van der Waals surface area contributed by atoms with Crippen LogP contribution in [0.2, 0.25) is 0 Å². The normalized spacial score (nSPS) is 18.8. The van der Waals surface area contributed by atoms with Gasteiger partial charge in [-0.25, -0.2) is 0 Å². The first-order valence-corrected chi connectivity index (χ1v) is 7.28. The van der Waals surface area contributed by atoms with Crippen LogP contribution in [0.25, 0.3) is 0 Å². The Kier molecular flexibility index (Phi) is 5.68. The number of benzene rings is 1. The van der Waals surface area contributed by atoms with Gasteiger partial charge in [-0.05, 0) is 18.9 Å². The topological polar surface area (TPSA) is 47.6 Å². The van der Waals surface area contributed by atoms with Crippen LogP contribution in [0.15, 0.2) is 24.3 Å². The van der Waals surface area contributed by atoms with E-state index in [0.29, 0.717) is 32.6 Å². The summed E-state index contributed by atoms with van der Waals surface area (Å²) in [6.07, 6.45) is 1.41. The summed E-state index contributed by atoms with van der Waals surface area (Å²) in [6.45, 7) is 1.64. The van der Waals surface area contributed by atoms with Crippen molar-refractivity contribution in [2.24, 2.45) is 0 Å². The molecule has 5 heteroatoms. The summed E-state index contributed by atoms with van der Waals surface area (Å²) < 4.78 is 10.5. The monoisotopic (exact) mass is 297 g/mol. The lowest BCUT2D eigenvalue weighted by atomic mass is 9.92. The fourth-order valence-corrected chi connectivity index (χ4v) is 2.59. The Hall–Kier alpha value is -1.26. The minimum absolute atomic E-state index is 0.0435. The average Bonchev–Trinajstić information content (AvgIpc) is 2.47. The van der Waals surface area contributed by atoms with E-state index in [1.54, 1.807) is 7.11 Å². The predicted molar refractivity (Wildman–Crippen MR) is 78.4 cm³/mol. The number of para-hydroxylation sites is 1. The Balaban J connectivity index is 1.87. The van der Waals surface area contributed by atoms with Crippen molar-refractivity contribution in [1.82, 2.24) is 5.32 Å². The lowest BCUT2D eigenvalue weighted by molar-refractivity contribution is -0.123. The highest BCUT2D eigenvalue weighted by atomic mass is 35.5. The molecule has 0 spiro atoms. The van der Waals surface area contributed by atoms with Gasteiger partial charge in [0.25, 0.3) is 0 Å². The molecule has 0 aliphatic carbocycles. The van der Waals surface area contributed by atoms with Gasteiger partial charge in [-0.3, -0.25) is 4.79 Å². The SMILES string of the molecule is COCC(Cl)CCNC(=O)C1CCOc2ccccc21. The van der Waals surface area contributed by atoms with Gasteiger partial charge in [-0.2, -0.15) is 0 Å². The van der Waals surface area contributed by atoms with Crippen LogP contribution in [0.4, 0.5) is 0 Å². The van der Waals surface area contributed by atoms with Crippen molar-refractivity contribution < 1.29 is 14.3 Å². The third-order valence-corrected chi connectivity index (χ3v) is 3.72. The zero-order valence-corrected chi connectivity index (χ0v) is 12.4. The molecule has 1 aliphatic heterocycles. The Morgan fingerprint density at radius 2 is 2.35 bits per heavy atom. The predicted octanol–water partition coefficient (Wildman–Crippen LogP) is 2.31. The van der Waals surface area contributed by atoms with Gasteiger partial charge in [-0.1, -0.05) is 18.2 Å². The van der Waals surface area contributed by atoms with Gasteiger partial charge in [0.05, 0.1) is 24.5 Å². The number of amides is 1. The lowest BCUT2D eigenvalue weighted by Gasteiger charge is -2.25. The van der Waals surface area contributed by atoms with Crippen LogP contribution in [0.5, 0.6) is 5.75 Å². The van der Waals surface area contributed by atoms with Crippen LogP contribution < -0.4 is 10.1 Å². The molecule has 0 saturated heterocycles. The Labute approximate surface area is 124 Å². The van der Waals surface area contributed by atoms with E-state index in [1.807, 2.05) is 24.3 Å². The molecule has 1 amide bonds. The smallest absolute Gasteiger partial charge is 0.227 e. The number of hydrogen-bond acceptors (Lipinski definition) is 3. The second-order valence-corrected chi connectivity index (χ2v) is 5.48. The van der Waals surface area contributed by atoms with Gasteiger partial charge in [0.2, 0.25) is 5.91 Å². The van der Waals surface area contributed by atoms with Gasteiger partial charge in [0.1, 0.15) is 5.75 Å². The third kappa shape index (κ3) is 3.87. The molecule has 1 aromatic rings. The van der Waals surface area contributed by atoms with E-state index in [0.717, 1.165) is 11.3 Å². The number of fused-ring (bicyclic) bond motifs is 1. The van der Waals surface area contributed by atoms with Gasteiger partial charge in [0, 0.05) is 19.2 Å². The highest BCUT2D eigenvalue weighted by molar-refractivity contribution is 6.20. The van der Waals surface area contributed by atoms with E-state index in [2.05, 4.69) is 5.32 Å². The molecule has 0 saturated carbocycles. The molecule has 2 atom stereocenters. The average molecular weight is 298 g/mol. The van der Waals surface area contributed by atoms with Crippen molar-refractivity contribution in [2.75, 3.05) is 26.9 Å². The molecule has 4 nitrogen and oxygen atoms in total. The van der Waals surface area contributed by atoms with Crippen LogP contribution in [0.1, 0.15) is 24.3 Å². The molecular weight excluding hydrogens is 278 g/mol. The molecule has 2 unspecified atom stereocenters. The molecule has 0 bridgehead atoms. The van der Waals surface area contributed by atoms with Crippen molar-refractivity contribution >= 4 is 17.5 Å². The van der Waals surface area contributed by atoms with E-state index in [9.17, 15) is 4.79 Å². The van der Waals surface area contributed by atoms with Gasteiger partial charge in [-0.15, -0.1) is 11.6 Å². The van der Waals surface area contributed by atoms with E-state index in [-0.39, 0.29) is 17.2 Å². The minimum atomic E-state index is -0.129. The van der Waals surface area contributed by atoms with Gasteiger partial charge < -0.3 is 14.8 Å². The molecule has 1 aliphatic rings. The lowest BCUT2D eigenvalue weighted by Crippen LogP contribution is -2.34. The number of halogens is 1. The maximum Gasteiger partial charge on any atom is 0.227 e. The van der Waals surface area contributed by atoms with Crippen molar-refractivity contribution in [3.63, 3.8) is 0 Å². The second kappa shape index (κ2) is 7.50. The number of carbonyl (C=O) groups is 1. The number of rotatable bonds is 6. The fourth-order valence-electron chi connectivity index (χ4n) is 2.35. The summed E-state index contributed by atoms with van der Waals surface area (Å²) in [5, 5.41) is 2.88. The van der Waals surface area contributed by atoms with Crippen molar-refractivity contribution in [3.05, 3.63) is 29.8 Å². The first kappa shape index (κ1) is 15.1. The molecular formula is C15H20ClNO3. The number of carbonyl (C=O) groups excluding carboxylic acids is 1. The standard InChI is InChI=1S/C15H20ClNO3/c1-19-10-11(16)6-8-17-15(18)13-7-9-20-14-5-3-2-4-12(13)14/h2-5,11,13H,6-10H2,1H3,(H,17,18). The first-order chi connectivity index (χ1) is 9.72. The van der Waals surface area contributed by atoms with Crippen LogP contribution in [0.3, 0.4) is 0 Å². The van der Waals surface area contributed by atoms with Gasteiger partial charge in [0.15, 0.2) is 0 Å². The Morgan fingerprint density at radius 1 is 1.55 bits per heavy atom. The molecule has 0 radical (unpaired) electrons. The van der Waals surface area contributed by atoms with Gasteiger partial charge >= 0.3 is 0 Å². The number of ether oxygens (including phenoxy) is 2. The van der Waals surface area contributed by atoms with E-state index >= 15 is 0 Å². The maximum atomic E-state index is 12.3. The van der Waals surface area contributed by atoms with Crippen LogP contribution in [-0.4, -0.2) is 38.2 Å². The Morgan fingerprint density at radius 3 is 3.15 bits per heavy atom. The third-order valence-electron chi connectivity index (χ3n) is 3.38. The quantitative estimate of drug-likeness (QED) is 0.820. The van der Waals surface area contributed by atoms with E-state index < -0.39 is 0 Å². The second-order valence-electron chi connectivity index (χ2n) is 4.86. The summed E-state index contributed by atoms with van der Waals surface area (Å²) in [4.78, 5) is 12.3. The number of hydrogen-bond donors (Lipinski definition) is 1. The zero-order chi connectivity index (χ0) is 14.4. The zero-order valence-electron chi connectivity index (χ0n) is 11.6. The highest BCUT2D eigenvalue weighted by Gasteiger charge is 2.27. The van der Waals surface area contributed by atoms with E-state index in [4.69, 9.17) is 21.1 Å².